The summed E-state index contributed by atoms with van der Waals surface area (Å²) in [6.07, 6.45) is 5.86. The average molecular weight is 1670 g/mol. The fraction of sp³-hybridized carbons (Fsp3) is 0.628. The summed E-state index contributed by atoms with van der Waals surface area (Å²) < 4.78 is 165. The second kappa shape index (κ2) is 36.9. The van der Waals surface area contributed by atoms with Crippen LogP contribution in [0.3, 0.4) is 0 Å². The lowest BCUT2D eigenvalue weighted by molar-refractivity contribution is -0.179. The summed E-state index contributed by atoms with van der Waals surface area (Å²) in [4.78, 5) is 58.2. The van der Waals surface area contributed by atoms with E-state index in [0.29, 0.717) is 84.2 Å². The Morgan fingerprint density at radius 3 is 1.05 bits per heavy atom. The lowest BCUT2D eigenvalue weighted by Gasteiger charge is -2.40. The number of Topliss-reactive ketones (excluding diaryl/α,β-unsaturated/α-hetero) is 1. The number of sulfonamides is 5. The molecular formula is C78H115N5O24S5. The van der Waals surface area contributed by atoms with Gasteiger partial charge in [-0.1, -0.05) is 96.1 Å². The molecule has 0 atom stereocenters. The molecule has 7 fully saturated rings. The van der Waals surface area contributed by atoms with Gasteiger partial charge in [0.25, 0.3) is 0 Å². The molecule has 7 heterocycles. The first-order valence-corrected chi connectivity index (χ1v) is 45.0. The van der Waals surface area contributed by atoms with Crippen LogP contribution in [0, 0.1) is 27.7 Å². The summed E-state index contributed by atoms with van der Waals surface area (Å²) in [6, 6.07) is 29.2. The van der Waals surface area contributed by atoms with Gasteiger partial charge >= 0.3 is 23.9 Å². The largest absolute Gasteiger partial charge is 0.468 e. The first-order chi connectivity index (χ1) is 52.0. The molecule has 0 aromatic heterocycles. The first kappa shape index (κ1) is 92.9. The number of benzene rings is 4. The molecule has 4 aromatic carbocycles. The van der Waals surface area contributed by atoms with Crippen molar-refractivity contribution in [3.8, 4) is 22.3 Å². The van der Waals surface area contributed by atoms with E-state index in [2.05, 4.69) is 95.6 Å². The molecule has 7 aliphatic heterocycles. The molecular weight excluding hydrogens is 1550 g/mol. The predicted molar refractivity (Wildman–Crippen MR) is 423 cm³/mol. The molecule has 0 radical (unpaired) electrons. The molecule has 1 N–H and O–H groups in total. The molecule has 11 rings (SSSR count). The van der Waals surface area contributed by atoms with Crippen LogP contribution < -0.4 is 0 Å². The minimum atomic E-state index is -3.91. The Balaban J connectivity index is 0.000000200. The number of carbonyl (C=O) groups is 5. The van der Waals surface area contributed by atoms with Gasteiger partial charge in [0.2, 0.25) is 50.1 Å². The van der Waals surface area contributed by atoms with Gasteiger partial charge in [0.05, 0.1) is 66.7 Å². The van der Waals surface area contributed by atoms with E-state index in [1.165, 1.54) is 138 Å². The van der Waals surface area contributed by atoms with Crippen molar-refractivity contribution in [2.75, 3.05) is 127 Å². The number of ether oxygens (including phenoxy) is 8. The van der Waals surface area contributed by atoms with Crippen molar-refractivity contribution in [1.29, 1.82) is 0 Å². The quantitative estimate of drug-likeness (QED) is 0.0778. The Bertz CT molecular complexity index is 4590. The Hall–Kier alpha value is -6.22. The molecule has 7 saturated heterocycles. The highest BCUT2D eigenvalue weighted by molar-refractivity contribution is 7.92. The van der Waals surface area contributed by atoms with E-state index in [4.69, 9.17) is 23.7 Å². The number of aryl methyl sites for hydroxylation is 4. The van der Waals surface area contributed by atoms with Crippen molar-refractivity contribution in [1.82, 2.24) is 21.5 Å². The van der Waals surface area contributed by atoms with Gasteiger partial charge in [-0.3, -0.25) is 24.0 Å². The summed E-state index contributed by atoms with van der Waals surface area (Å²) >= 11 is 0. The van der Waals surface area contributed by atoms with Crippen LogP contribution in [0.4, 0.5) is 0 Å². The van der Waals surface area contributed by atoms with Crippen molar-refractivity contribution in [2.24, 2.45) is 0 Å². The number of ketones is 1. The number of rotatable bonds is 17. The first-order valence-electron chi connectivity index (χ1n) is 37.4. The highest BCUT2D eigenvalue weighted by atomic mass is 32.2. The average Bonchev–Trinajstić information content (AvgIpc) is 0.995. The molecule has 112 heavy (non-hydrogen) atoms. The second-order valence-electron chi connectivity index (χ2n) is 31.2. The Kier molecular flexibility index (Phi) is 30.7. The summed E-state index contributed by atoms with van der Waals surface area (Å²) in [7, 11) is -13.6. The zero-order valence-corrected chi connectivity index (χ0v) is 71.8. The third-order valence-corrected chi connectivity index (χ3v) is 33.4. The van der Waals surface area contributed by atoms with Crippen molar-refractivity contribution >= 4 is 79.8 Å². The van der Waals surface area contributed by atoms with Gasteiger partial charge in [-0.05, 0) is 159 Å². The predicted octanol–water partition coefficient (Wildman–Crippen LogP) is 7.79. The number of carbonyl (C=O) groups excluding carboxylic acids is 5. The fourth-order valence-electron chi connectivity index (χ4n) is 14.5. The van der Waals surface area contributed by atoms with E-state index in [9.17, 15) is 71.2 Å². The molecule has 2 spiro atoms. The van der Waals surface area contributed by atoms with E-state index in [1.807, 2.05) is 31.2 Å². The minimum Gasteiger partial charge on any atom is -0.468 e. The van der Waals surface area contributed by atoms with Crippen LogP contribution in [0.2, 0.25) is 0 Å². The third kappa shape index (κ3) is 20.8. The zero-order chi connectivity index (χ0) is 83.7. The van der Waals surface area contributed by atoms with E-state index in [0.717, 1.165) is 42.2 Å². The minimum absolute atomic E-state index is 0.0484. The molecule has 0 bridgehead atoms. The van der Waals surface area contributed by atoms with Crippen LogP contribution in [0.5, 0.6) is 0 Å². The number of methoxy groups -OCH3 is 4. The van der Waals surface area contributed by atoms with Crippen molar-refractivity contribution < 1.29 is 109 Å². The lowest BCUT2D eigenvalue weighted by atomic mass is 9.83. The topological polar surface area (TPSA) is 366 Å². The van der Waals surface area contributed by atoms with Crippen LogP contribution in [-0.4, -0.2) is 256 Å². The van der Waals surface area contributed by atoms with Crippen LogP contribution in [0.1, 0.15) is 159 Å². The van der Waals surface area contributed by atoms with Gasteiger partial charge in [-0.2, -0.15) is 0 Å². The molecule has 0 unspecified atom stereocenters. The normalized spacial score (nSPS) is 19.9. The maximum Gasteiger partial charge on any atom is 0.328 e. The Labute approximate surface area is 662 Å². The summed E-state index contributed by atoms with van der Waals surface area (Å²) in [5.41, 5.74) is 10.3. The number of hydrogen-bond acceptors (Lipinski definition) is 24. The number of aliphatic hydroxyl groups is 1. The van der Waals surface area contributed by atoms with E-state index in [-0.39, 0.29) is 70.7 Å². The van der Waals surface area contributed by atoms with Gasteiger partial charge in [0, 0.05) is 104 Å². The number of hydrogen-bond donors (Lipinski definition) is 1. The maximum atomic E-state index is 13.0. The zero-order valence-electron chi connectivity index (χ0n) is 67.7. The van der Waals surface area contributed by atoms with Crippen molar-refractivity contribution in [3.05, 3.63) is 118 Å². The molecule has 4 aromatic rings. The van der Waals surface area contributed by atoms with Crippen LogP contribution in [0.25, 0.3) is 22.3 Å². The van der Waals surface area contributed by atoms with Crippen LogP contribution >= 0.6 is 0 Å². The van der Waals surface area contributed by atoms with E-state index >= 15 is 0 Å². The monoisotopic (exact) mass is 1670 g/mol. The SMILES string of the molecule is COC(=O)C(C)(C)S(=O)(=O)N1CCC(=O)CC1.COC(=O)C(C)(C)S(=O)(=O)N1CCC(O)(c2ccc(-c3cccc(C)c3)c(C)c2)CC1.COC(=O)C(C)(C)S(=O)(=O)N1CCC(c2ccc(-c3cccc(C)c3)c(C)c2)CC1.COC(=O)C(C)(C)S(=O)(=O)N1CCC2(CC1)OCCO2.CS(=O)(=O)N1CCC2(CC1)OCCO2. The van der Waals surface area contributed by atoms with Gasteiger partial charge in [-0.15, -0.1) is 0 Å². The van der Waals surface area contributed by atoms with Gasteiger partial charge < -0.3 is 43.0 Å². The number of esters is 4. The van der Waals surface area contributed by atoms with Crippen molar-refractivity contribution in [3.63, 3.8) is 0 Å². The maximum absolute atomic E-state index is 13.0. The molecule has 0 aliphatic carbocycles. The summed E-state index contributed by atoms with van der Waals surface area (Å²) in [6.45, 7) is 24.4. The summed E-state index contributed by atoms with van der Waals surface area (Å²) in [5.74, 6) is -3.85. The second-order valence-corrected chi connectivity index (χ2v) is 43.1. The standard InChI is InChI=1S/C24H31NO5S.C24H31NO4S.C12H21NO6S.C10H17NO5S.C8H15NO4S/c1-17-7-6-8-19(15-17)21-10-9-20(16-18(21)2)24(27)11-13-25(14-12-24)31(28,29)23(3,4)22(26)30-5;1-17-7-6-8-21(15-17)22-10-9-20(16-18(22)2)19-11-13-25(14-12-19)30(27,28)24(3,4)23(26)29-5;1-11(2,10(14)17-3)20(15,16)13-6-4-12(5-7-13)18-8-9-19-12;1-10(2,9(13)16-3)17(14,15)11-6-4-8(12)5-7-11;1-14(10,11)9-4-2-8(3-5-9)12-6-7-13-8/h6-10,15-16,27H,11-14H2,1-5H3;6-10,15-16,19H,11-14H2,1-5H3;4-9H2,1-3H3;4-7H2,1-3H3;2-7H2,1H3. The van der Waals surface area contributed by atoms with E-state index in [1.54, 1.807) is 0 Å². The number of piperidine rings is 5. The van der Waals surface area contributed by atoms with Crippen LogP contribution in [0.15, 0.2) is 84.9 Å². The molecule has 0 amide bonds. The van der Waals surface area contributed by atoms with Crippen molar-refractivity contribution in [2.45, 2.75) is 189 Å². The van der Waals surface area contributed by atoms with Gasteiger partial charge in [0.1, 0.15) is 5.78 Å². The summed E-state index contributed by atoms with van der Waals surface area (Å²) in [5, 5.41) is 11.3. The smallest absolute Gasteiger partial charge is 0.328 e. The van der Waals surface area contributed by atoms with Gasteiger partial charge in [0.15, 0.2) is 30.6 Å². The lowest BCUT2D eigenvalue weighted by Crippen LogP contribution is -2.55. The fourth-order valence-corrected chi connectivity index (χ4v) is 21.7. The molecule has 29 nitrogen and oxygen atoms in total. The third-order valence-electron chi connectivity index (χ3n) is 22.1. The Morgan fingerprint density at radius 1 is 0.420 bits per heavy atom. The molecule has 0 saturated carbocycles. The molecule has 7 aliphatic rings. The molecule has 626 valence electrons. The molecule has 34 heteroatoms. The highest BCUT2D eigenvalue weighted by Crippen LogP contribution is 2.41. The Morgan fingerprint density at radius 2 is 0.732 bits per heavy atom. The van der Waals surface area contributed by atoms with Crippen LogP contribution in [-0.2, 0) is 118 Å². The highest BCUT2D eigenvalue weighted by Gasteiger charge is 2.53. The van der Waals surface area contributed by atoms with E-state index < -0.39 is 110 Å². The number of nitrogens with zero attached hydrogens (tertiary/aromatic N) is 5. The van der Waals surface area contributed by atoms with Gasteiger partial charge in [-0.25, -0.2) is 63.6 Å².